The van der Waals surface area contributed by atoms with E-state index in [0.29, 0.717) is 0 Å². The smallest absolute Gasteiger partial charge is 0.128 e. The summed E-state index contributed by atoms with van der Waals surface area (Å²) in [4.78, 5) is 0. The highest BCUT2D eigenvalue weighted by molar-refractivity contribution is 5.47. The van der Waals surface area contributed by atoms with Crippen LogP contribution < -0.4 is 11.1 Å². The summed E-state index contributed by atoms with van der Waals surface area (Å²) < 4.78 is 0. The zero-order chi connectivity index (χ0) is 6.69. The molecule has 0 aliphatic rings. The van der Waals surface area contributed by atoms with Gasteiger partial charge in [0.15, 0.2) is 0 Å². The van der Waals surface area contributed by atoms with Crippen molar-refractivity contribution in [3.05, 3.63) is 24.3 Å². The van der Waals surface area contributed by atoms with Crippen molar-refractivity contribution >= 4 is 11.4 Å². The molecule has 0 spiro atoms. The maximum absolute atomic E-state index is 3.77. The van der Waals surface area contributed by atoms with E-state index in [1.165, 1.54) is 0 Å². The van der Waals surface area contributed by atoms with Crippen molar-refractivity contribution in [1.29, 1.82) is 0 Å². The summed E-state index contributed by atoms with van der Waals surface area (Å²) in [5.41, 5.74) is 5.95. The Bertz CT molecular complexity index is 179. The third-order valence-electron chi connectivity index (χ3n) is 1.24. The van der Waals surface area contributed by atoms with Crippen LogP contribution in [-0.4, -0.2) is 7.05 Å². The fourth-order valence-corrected chi connectivity index (χ4v) is 0.671. The van der Waals surface area contributed by atoms with Crippen molar-refractivity contribution in [2.75, 3.05) is 12.4 Å². The zero-order valence-electron chi connectivity index (χ0n) is 5.52. The summed E-state index contributed by atoms with van der Waals surface area (Å²) in [6.45, 7) is 0. The molecule has 0 fully saturated rings. The third-order valence-corrected chi connectivity index (χ3v) is 1.24. The minimum absolute atomic E-state index is 1.05. The number of quaternary nitrogens is 1. The van der Waals surface area contributed by atoms with Gasteiger partial charge in [-0.3, -0.25) is 0 Å². The van der Waals surface area contributed by atoms with Crippen LogP contribution in [0.25, 0.3) is 0 Å². The number of rotatable bonds is 1. The standard InChI is InChI=1S/C7H10N2/c1-9-7-4-2-6(8)3-5-7/h2-5,9H,8H2,1H3/p+1. The van der Waals surface area contributed by atoms with E-state index < -0.39 is 0 Å². The normalized spacial score (nSPS) is 9.11. The van der Waals surface area contributed by atoms with Gasteiger partial charge >= 0.3 is 0 Å². The van der Waals surface area contributed by atoms with E-state index in [4.69, 9.17) is 0 Å². The number of anilines is 1. The molecule has 1 aromatic rings. The summed E-state index contributed by atoms with van der Waals surface area (Å²) >= 11 is 0. The minimum atomic E-state index is 1.05. The van der Waals surface area contributed by atoms with E-state index in [2.05, 4.69) is 11.1 Å². The Balaban J connectivity index is 2.88. The molecule has 0 atom stereocenters. The zero-order valence-corrected chi connectivity index (χ0v) is 5.52. The lowest BCUT2D eigenvalue weighted by molar-refractivity contribution is -0.254. The molecule has 0 aliphatic carbocycles. The minimum Gasteiger partial charge on any atom is -0.388 e. The van der Waals surface area contributed by atoms with E-state index in [1.54, 1.807) is 0 Å². The van der Waals surface area contributed by atoms with E-state index in [-0.39, 0.29) is 0 Å². The van der Waals surface area contributed by atoms with Gasteiger partial charge in [-0.05, 0) is 12.1 Å². The average Bonchev–Trinajstić information content (AvgIpc) is 1.90. The van der Waals surface area contributed by atoms with Crippen LogP contribution in [0.5, 0.6) is 0 Å². The molecule has 4 N–H and O–H groups in total. The number of benzene rings is 1. The Labute approximate surface area is 54.7 Å². The lowest BCUT2D eigenvalue weighted by Gasteiger charge is -1.95. The molecule has 0 heterocycles. The summed E-state index contributed by atoms with van der Waals surface area (Å²) in [6, 6.07) is 7.96. The molecular formula is C7H11N2+. The Kier molecular flexibility index (Phi) is 1.70. The number of hydrogen-bond acceptors (Lipinski definition) is 1. The summed E-state index contributed by atoms with van der Waals surface area (Å²) in [5, 5.41) is 3.03. The Hall–Kier alpha value is -1.02. The lowest BCUT2D eigenvalue weighted by atomic mass is 10.3. The first-order chi connectivity index (χ1) is 4.33. The fraction of sp³-hybridized carbons (Fsp3) is 0.143. The molecule has 0 aliphatic heterocycles. The molecule has 48 valence electrons. The first-order valence-corrected chi connectivity index (χ1v) is 2.92. The fourth-order valence-electron chi connectivity index (χ4n) is 0.671. The number of hydrogen-bond donors (Lipinski definition) is 2. The topological polar surface area (TPSA) is 39.7 Å². The van der Waals surface area contributed by atoms with Gasteiger partial charge in [-0.15, -0.1) is 0 Å². The van der Waals surface area contributed by atoms with Gasteiger partial charge in [-0.25, -0.2) is 0 Å². The summed E-state index contributed by atoms with van der Waals surface area (Å²) in [5.74, 6) is 0. The highest BCUT2D eigenvalue weighted by atomic mass is 14.8. The predicted octanol–water partition coefficient (Wildman–Crippen LogP) is 0.602. The van der Waals surface area contributed by atoms with Gasteiger partial charge < -0.3 is 11.1 Å². The van der Waals surface area contributed by atoms with Crippen molar-refractivity contribution in [3.63, 3.8) is 0 Å². The first kappa shape index (κ1) is 6.11. The van der Waals surface area contributed by atoms with E-state index in [1.807, 2.05) is 31.3 Å². The maximum atomic E-state index is 3.77. The van der Waals surface area contributed by atoms with Crippen molar-refractivity contribution in [3.8, 4) is 0 Å². The van der Waals surface area contributed by atoms with E-state index >= 15 is 0 Å². The van der Waals surface area contributed by atoms with Crippen molar-refractivity contribution < 1.29 is 5.73 Å². The van der Waals surface area contributed by atoms with Gasteiger partial charge in [0.2, 0.25) is 0 Å². The molecule has 9 heavy (non-hydrogen) atoms. The average molecular weight is 123 g/mol. The van der Waals surface area contributed by atoms with Gasteiger partial charge in [0.1, 0.15) is 5.69 Å². The number of nitrogens with one attached hydrogen (secondary N) is 1. The Morgan fingerprint density at radius 2 is 1.78 bits per heavy atom. The molecule has 2 heteroatoms. The van der Waals surface area contributed by atoms with Gasteiger partial charge in [0.25, 0.3) is 0 Å². The van der Waals surface area contributed by atoms with Crippen molar-refractivity contribution in [1.82, 2.24) is 0 Å². The highest BCUT2D eigenvalue weighted by Gasteiger charge is 1.87. The maximum Gasteiger partial charge on any atom is 0.128 e. The van der Waals surface area contributed by atoms with E-state index in [0.717, 1.165) is 11.4 Å². The molecule has 0 radical (unpaired) electrons. The molecule has 0 amide bonds. The summed E-state index contributed by atoms with van der Waals surface area (Å²) in [6.07, 6.45) is 0. The molecular weight excluding hydrogens is 112 g/mol. The quantitative estimate of drug-likeness (QED) is 0.564. The van der Waals surface area contributed by atoms with Crippen LogP contribution in [0.1, 0.15) is 0 Å². The molecule has 1 rings (SSSR count). The third kappa shape index (κ3) is 1.44. The van der Waals surface area contributed by atoms with Crippen LogP contribution >= 0.6 is 0 Å². The first-order valence-electron chi connectivity index (χ1n) is 2.92. The largest absolute Gasteiger partial charge is 0.388 e. The molecule has 0 saturated carbocycles. The highest BCUT2D eigenvalue weighted by Crippen LogP contribution is 2.07. The molecule has 2 nitrogen and oxygen atoms in total. The van der Waals surface area contributed by atoms with Gasteiger partial charge in [0.05, 0.1) is 0 Å². The second-order valence-electron chi connectivity index (χ2n) is 1.95. The second-order valence-corrected chi connectivity index (χ2v) is 1.95. The van der Waals surface area contributed by atoms with E-state index in [9.17, 15) is 0 Å². The lowest BCUT2D eigenvalue weighted by Crippen LogP contribution is -2.39. The molecule has 0 unspecified atom stereocenters. The Morgan fingerprint density at radius 3 is 2.22 bits per heavy atom. The Morgan fingerprint density at radius 1 is 1.22 bits per heavy atom. The summed E-state index contributed by atoms with van der Waals surface area (Å²) in [7, 11) is 1.90. The van der Waals surface area contributed by atoms with Crippen LogP contribution in [0.15, 0.2) is 24.3 Å². The molecule has 0 bridgehead atoms. The molecule has 1 aromatic carbocycles. The van der Waals surface area contributed by atoms with Crippen LogP contribution in [0, 0.1) is 0 Å². The van der Waals surface area contributed by atoms with Crippen molar-refractivity contribution in [2.24, 2.45) is 0 Å². The van der Waals surface area contributed by atoms with Crippen LogP contribution in [0.4, 0.5) is 11.4 Å². The van der Waals surface area contributed by atoms with Crippen LogP contribution in [0.2, 0.25) is 0 Å². The predicted molar refractivity (Wildman–Crippen MR) is 38.5 cm³/mol. The molecule has 0 aromatic heterocycles. The second kappa shape index (κ2) is 2.51. The molecule has 0 saturated heterocycles. The van der Waals surface area contributed by atoms with Gasteiger partial charge in [-0.2, -0.15) is 0 Å². The van der Waals surface area contributed by atoms with Crippen molar-refractivity contribution in [2.45, 2.75) is 0 Å². The monoisotopic (exact) mass is 123 g/mol. The van der Waals surface area contributed by atoms with Gasteiger partial charge in [-0.1, -0.05) is 0 Å². The SMILES string of the molecule is CNc1ccc([NH3+])cc1. The van der Waals surface area contributed by atoms with Crippen LogP contribution in [0.3, 0.4) is 0 Å². The van der Waals surface area contributed by atoms with Crippen LogP contribution in [-0.2, 0) is 0 Å². The van der Waals surface area contributed by atoms with Gasteiger partial charge in [0, 0.05) is 24.9 Å².